The third-order valence-corrected chi connectivity index (χ3v) is 3.33. The van der Waals surface area contributed by atoms with E-state index in [1.165, 1.54) is 11.3 Å². The molecule has 1 heterocycles. The first-order valence-electron chi connectivity index (χ1n) is 4.98. The van der Waals surface area contributed by atoms with Crippen molar-refractivity contribution in [2.24, 2.45) is 0 Å². The van der Waals surface area contributed by atoms with E-state index in [9.17, 15) is 4.79 Å². The first kappa shape index (κ1) is 12.9. The first-order valence-corrected chi connectivity index (χ1v) is 6.21. The van der Waals surface area contributed by atoms with Crippen LogP contribution in [0.1, 0.15) is 23.9 Å². The zero-order valence-electron chi connectivity index (χ0n) is 9.35. The lowest BCUT2D eigenvalue weighted by molar-refractivity contribution is -0.120. The molecule has 2 N–H and O–H groups in total. The Bertz CT molecular complexity index is 476. The Kier molecular flexibility index (Phi) is 5.23. The predicted octanol–water partition coefficient (Wildman–Crippen LogP) is 2.19. The zero-order valence-corrected chi connectivity index (χ0v) is 11.0. The minimum atomic E-state index is 0.0197. The summed E-state index contributed by atoms with van der Waals surface area (Å²) in [5.74, 6) is 5.70. The average molecular weight is 254 g/mol. The molecule has 0 unspecified atom stereocenters. The molecule has 0 saturated heterocycles. The van der Waals surface area contributed by atoms with E-state index in [0.29, 0.717) is 19.4 Å². The van der Waals surface area contributed by atoms with Gasteiger partial charge in [0.1, 0.15) is 0 Å². The number of thiazole rings is 1. The van der Waals surface area contributed by atoms with E-state index < -0.39 is 0 Å². The quantitative estimate of drug-likeness (QED) is 0.491. The number of H-pyrrole nitrogens is 1. The summed E-state index contributed by atoms with van der Waals surface area (Å²) >= 11 is 6.47. The van der Waals surface area contributed by atoms with Crippen molar-refractivity contribution >= 4 is 29.5 Å². The molecule has 0 fully saturated rings. The maximum atomic E-state index is 11.5. The molecule has 3 nitrogen and oxygen atoms in total. The lowest BCUT2D eigenvalue weighted by Crippen LogP contribution is -2.25. The van der Waals surface area contributed by atoms with Gasteiger partial charge >= 0.3 is 0 Å². The van der Waals surface area contributed by atoms with Gasteiger partial charge in [-0.15, -0.1) is 23.2 Å². The van der Waals surface area contributed by atoms with Crippen LogP contribution in [0, 0.1) is 22.7 Å². The molecule has 1 aromatic rings. The number of amides is 1. The Hall–Kier alpha value is -1.12. The van der Waals surface area contributed by atoms with Crippen LogP contribution in [-0.2, 0) is 11.2 Å². The van der Waals surface area contributed by atoms with E-state index in [1.54, 1.807) is 6.92 Å². The number of aryl methyl sites for hydroxylation is 1. The van der Waals surface area contributed by atoms with E-state index >= 15 is 0 Å². The second-order valence-corrected chi connectivity index (χ2v) is 5.04. The molecule has 0 aromatic carbocycles. The van der Waals surface area contributed by atoms with Crippen molar-refractivity contribution in [2.45, 2.75) is 26.7 Å². The molecule has 1 amide bonds. The van der Waals surface area contributed by atoms with E-state index in [-0.39, 0.29) is 5.91 Å². The fourth-order valence-corrected chi connectivity index (χ4v) is 2.49. The Balaban J connectivity index is 2.42. The smallest absolute Gasteiger partial charge is 0.225 e. The van der Waals surface area contributed by atoms with Gasteiger partial charge < -0.3 is 10.3 Å². The van der Waals surface area contributed by atoms with Crippen LogP contribution in [0.2, 0.25) is 0 Å². The number of hydrogen-bond acceptors (Lipinski definition) is 3. The molecule has 0 radical (unpaired) electrons. The van der Waals surface area contributed by atoms with E-state index in [1.807, 2.05) is 6.92 Å². The maximum absolute atomic E-state index is 11.5. The predicted molar refractivity (Wildman–Crippen MR) is 69.0 cm³/mol. The molecule has 0 bridgehead atoms. The van der Waals surface area contributed by atoms with Crippen LogP contribution < -0.4 is 5.32 Å². The summed E-state index contributed by atoms with van der Waals surface area (Å²) in [5.41, 5.74) is 0.985. The van der Waals surface area contributed by atoms with Crippen molar-refractivity contribution in [1.29, 1.82) is 0 Å². The second-order valence-electron chi connectivity index (χ2n) is 3.27. The minimum absolute atomic E-state index is 0.0197. The van der Waals surface area contributed by atoms with Crippen LogP contribution in [0.15, 0.2) is 0 Å². The van der Waals surface area contributed by atoms with E-state index in [4.69, 9.17) is 12.2 Å². The molecule has 0 saturated carbocycles. The highest BCUT2D eigenvalue weighted by Gasteiger charge is 2.07. The fourth-order valence-electron chi connectivity index (χ4n) is 1.20. The van der Waals surface area contributed by atoms with Crippen molar-refractivity contribution in [3.8, 4) is 11.8 Å². The van der Waals surface area contributed by atoms with Gasteiger partial charge in [-0.05, 0) is 26.1 Å². The van der Waals surface area contributed by atoms with Gasteiger partial charge in [0, 0.05) is 23.5 Å². The van der Waals surface area contributed by atoms with Gasteiger partial charge in [-0.3, -0.25) is 4.79 Å². The lowest BCUT2D eigenvalue weighted by Gasteiger charge is -2.01. The molecule has 5 heteroatoms. The number of aromatic nitrogens is 1. The van der Waals surface area contributed by atoms with Crippen molar-refractivity contribution in [3.05, 3.63) is 14.5 Å². The van der Waals surface area contributed by atoms with Gasteiger partial charge in [-0.1, -0.05) is 0 Å². The molecular formula is C11H14N2OS2. The summed E-state index contributed by atoms with van der Waals surface area (Å²) in [6, 6.07) is 0. The standard InChI is InChI=1S/C11H14N2OS2/c1-3-4-5-6-12-10(14)7-9-8(2)13-11(15)16-9/h5-7H2,1-2H3,(H,12,14)(H,13,15). The summed E-state index contributed by atoms with van der Waals surface area (Å²) in [6.07, 6.45) is 1.09. The first-order chi connectivity index (χ1) is 7.63. The van der Waals surface area contributed by atoms with E-state index in [2.05, 4.69) is 22.1 Å². The van der Waals surface area contributed by atoms with Crippen molar-refractivity contribution < 1.29 is 4.79 Å². The number of carbonyl (C=O) groups is 1. The molecule has 16 heavy (non-hydrogen) atoms. The average Bonchev–Trinajstić information content (AvgIpc) is 2.52. The zero-order chi connectivity index (χ0) is 12.0. The van der Waals surface area contributed by atoms with Crippen molar-refractivity contribution in [1.82, 2.24) is 10.3 Å². The minimum Gasteiger partial charge on any atom is -0.355 e. The summed E-state index contributed by atoms with van der Waals surface area (Å²) in [7, 11) is 0. The molecule has 0 aliphatic rings. The highest BCUT2D eigenvalue weighted by Crippen LogP contribution is 2.14. The largest absolute Gasteiger partial charge is 0.355 e. The molecule has 0 aliphatic heterocycles. The lowest BCUT2D eigenvalue weighted by atomic mass is 10.3. The van der Waals surface area contributed by atoms with Gasteiger partial charge in [0.05, 0.1) is 6.42 Å². The van der Waals surface area contributed by atoms with Crippen molar-refractivity contribution in [3.63, 3.8) is 0 Å². The molecule has 1 rings (SSSR count). The third-order valence-electron chi connectivity index (χ3n) is 1.99. The monoisotopic (exact) mass is 254 g/mol. The summed E-state index contributed by atoms with van der Waals surface area (Å²) < 4.78 is 0.720. The number of aromatic amines is 1. The number of nitrogens with one attached hydrogen (secondary N) is 2. The fraction of sp³-hybridized carbons (Fsp3) is 0.455. The number of rotatable bonds is 4. The number of hydrogen-bond donors (Lipinski definition) is 2. The van der Waals surface area contributed by atoms with Crippen LogP contribution in [0.4, 0.5) is 0 Å². The third kappa shape index (κ3) is 4.17. The Morgan fingerprint density at radius 1 is 1.62 bits per heavy atom. The summed E-state index contributed by atoms with van der Waals surface area (Å²) in [4.78, 5) is 15.6. The molecule has 86 valence electrons. The summed E-state index contributed by atoms with van der Waals surface area (Å²) in [6.45, 7) is 4.32. The highest BCUT2D eigenvalue weighted by atomic mass is 32.1. The van der Waals surface area contributed by atoms with Gasteiger partial charge in [-0.2, -0.15) is 0 Å². The van der Waals surface area contributed by atoms with Crippen LogP contribution in [0.25, 0.3) is 0 Å². The molecule has 0 spiro atoms. The van der Waals surface area contributed by atoms with Crippen LogP contribution >= 0.6 is 23.6 Å². The Morgan fingerprint density at radius 2 is 2.38 bits per heavy atom. The van der Waals surface area contributed by atoms with Gasteiger partial charge in [0.15, 0.2) is 3.95 Å². The van der Waals surface area contributed by atoms with Gasteiger partial charge in [-0.25, -0.2) is 0 Å². The van der Waals surface area contributed by atoms with Crippen molar-refractivity contribution in [2.75, 3.05) is 6.54 Å². The normalized spacial score (nSPS) is 9.38. The van der Waals surface area contributed by atoms with E-state index in [0.717, 1.165) is 14.5 Å². The Labute approximate surface area is 104 Å². The molecule has 0 atom stereocenters. The molecule has 0 aliphatic carbocycles. The Morgan fingerprint density at radius 3 is 2.94 bits per heavy atom. The van der Waals surface area contributed by atoms with Gasteiger partial charge in [0.25, 0.3) is 0 Å². The summed E-state index contributed by atoms with van der Waals surface area (Å²) in [5, 5.41) is 2.82. The molecule has 1 aromatic heterocycles. The van der Waals surface area contributed by atoms with Crippen LogP contribution in [-0.4, -0.2) is 17.4 Å². The second kappa shape index (κ2) is 6.46. The van der Waals surface area contributed by atoms with Crippen LogP contribution in [0.5, 0.6) is 0 Å². The SMILES string of the molecule is CC#CCCNC(=O)Cc1sc(=S)[nH]c1C. The topological polar surface area (TPSA) is 44.9 Å². The van der Waals surface area contributed by atoms with Gasteiger partial charge in [0.2, 0.25) is 5.91 Å². The van der Waals surface area contributed by atoms with Crippen LogP contribution in [0.3, 0.4) is 0 Å². The highest BCUT2D eigenvalue weighted by molar-refractivity contribution is 7.73. The maximum Gasteiger partial charge on any atom is 0.225 e. The number of carbonyl (C=O) groups excluding carboxylic acids is 1. The molecular weight excluding hydrogens is 240 g/mol.